The Bertz CT molecular complexity index is 1170. The Morgan fingerprint density at radius 1 is 1.18 bits per heavy atom. The lowest BCUT2D eigenvalue weighted by Gasteiger charge is -2.10. The van der Waals surface area contributed by atoms with Gasteiger partial charge in [0.25, 0.3) is 11.6 Å². The van der Waals surface area contributed by atoms with E-state index in [-0.39, 0.29) is 40.8 Å². The van der Waals surface area contributed by atoms with Gasteiger partial charge in [0.05, 0.1) is 25.7 Å². The van der Waals surface area contributed by atoms with Crippen LogP contribution in [-0.2, 0) is 25.6 Å². The Labute approximate surface area is 185 Å². The van der Waals surface area contributed by atoms with Crippen LogP contribution in [0.5, 0.6) is 5.75 Å². The molecule has 0 atom stereocenters. The number of hydrogen-bond donors (Lipinski definition) is 1. The summed E-state index contributed by atoms with van der Waals surface area (Å²) in [6, 6.07) is 5.51. The van der Waals surface area contributed by atoms with E-state index >= 15 is 0 Å². The van der Waals surface area contributed by atoms with Crippen molar-refractivity contribution in [2.24, 2.45) is 0 Å². The molecule has 172 valence electrons. The van der Waals surface area contributed by atoms with Gasteiger partial charge in [-0.25, -0.2) is 14.4 Å². The van der Waals surface area contributed by atoms with Gasteiger partial charge >= 0.3 is 18.0 Å². The molecule has 1 aliphatic rings. The van der Waals surface area contributed by atoms with Crippen LogP contribution in [0.2, 0.25) is 0 Å². The Morgan fingerprint density at radius 2 is 1.94 bits per heavy atom. The third kappa shape index (κ3) is 5.15. The van der Waals surface area contributed by atoms with Gasteiger partial charge in [-0.3, -0.25) is 19.8 Å². The monoisotopic (exact) mass is 459 g/mol. The fourth-order valence-electron chi connectivity index (χ4n) is 2.79. The highest BCUT2D eigenvalue weighted by Crippen LogP contribution is 2.28. The maximum absolute atomic E-state index is 12.8. The average molecular weight is 459 g/mol. The van der Waals surface area contributed by atoms with Crippen molar-refractivity contribution in [3.63, 3.8) is 0 Å². The molecule has 0 bridgehead atoms. The predicted octanol–water partition coefficient (Wildman–Crippen LogP) is 1.62. The molecule has 2 aromatic rings. The van der Waals surface area contributed by atoms with Crippen molar-refractivity contribution in [1.82, 2.24) is 10.2 Å². The quantitative estimate of drug-likeness (QED) is 0.201. The first-order valence-electron chi connectivity index (χ1n) is 9.23. The summed E-state index contributed by atoms with van der Waals surface area (Å²) < 4.78 is 19.6. The molecule has 13 heteroatoms. The maximum Gasteiger partial charge on any atom is 0.373 e. The second kappa shape index (κ2) is 9.64. The number of ether oxygens (including phenoxy) is 3. The highest BCUT2D eigenvalue weighted by atomic mass is 16.6. The van der Waals surface area contributed by atoms with Crippen molar-refractivity contribution in [2.45, 2.75) is 6.54 Å². The van der Waals surface area contributed by atoms with Crippen LogP contribution in [0.3, 0.4) is 0 Å². The number of carbonyl (C=O) groups excluding carboxylic acids is 4. The molecule has 0 saturated carbocycles. The highest BCUT2D eigenvalue weighted by molar-refractivity contribution is 6.14. The second-order valence-electron chi connectivity index (χ2n) is 6.48. The number of nitro benzene ring substituents is 1. The van der Waals surface area contributed by atoms with Crippen molar-refractivity contribution in [3.05, 3.63) is 63.2 Å². The number of esters is 2. The zero-order valence-corrected chi connectivity index (χ0v) is 17.4. The lowest BCUT2D eigenvalue weighted by Crippen LogP contribution is -2.30. The van der Waals surface area contributed by atoms with Crippen LogP contribution < -0.4 is 10.1 Å². The van der Waals surface area contributed by atoms with Gasteiger partial charge in [0, 0.05) is 17.7 Å². The van der Waals surface area contributed by atoms with Gasteiger partial charge in [-0.1, -0.05) is 0 Å². The number of imide groups is 1. The van der Waals surface area contributed by atoms with E-state index in [1.54, 1.807) is 0 Å². The minimum absolute atomic E-state index is 0.0488. The van der Waals surface area contributed by atoms with Crippen LogP contribution in [-0.4, -0.2) is 54.5 Å². The van der Waals surface area contributed by atoms with Crippen LogP contribution in [0.4, 0.5) is 10.5 Å². The Kier molecular flexibility index (Phi) is 6.71. The average Bonchev–Trinajstić information content (AvgIpc) is 3.37. The van der Waals surface area contributed by atoms with Crippen LogP contribution in [0.1, 0.15) is 21.9 Å². The lowest BCUT2D eigenvalue weighted by molar-refractivity contribution is -0.384. The standard InChI is InChI=1S/C20H17N3O10/c1-30-17(24)10-32-15-5-3-12(23(28)29)7-11(15)8-14-18(25)22(20(27)21-14)9-13-4-6-16(33-13)19(26)31-2/h3-8H,9-10H2,1-2H3,(H,21,27). The number of carbonyl (C=O) groups is 4. The summed E-state index contributed by atoms with van der Waals surface area (Å²) in [5.74, 6) is -2.05. The fraction of sp³-hybridized carbons (Fsp3) is 0.200. The number of nitrogens with zero attached hydrogens (tertiary/aromatic N) is 2. The van der Waals surface area contributed by atoms with E-state index in [4.69, 9.17) is 9.15 Å². The zero-order valence-electron chi connectivity index (χ0n) is 17.4. The number of nitrogens with one attached hydrogen (secondary N) is 1. The first-order valence-corrected chi connectivity index (χ1v) is 9.23. The second-order valence-corrected chi connectivity index (χ2v) is 6.48. The number of amides is 3. The molecule has 3 amide bonds. The van der Waals surface area contributed by atoms with Gasteiger partial charge in [0.15, 0.2) is 6.61 Å². The van der Waals surface area contributed by atoms with Crippen molar-refractivity contribution in [2.75, 3.05) is 20.8 Å². The molecule has 1 aromatic carbocycles. The smallest absolute Gasteiger partial charge is 0.373 e. The number of hydrogen-bond acceptors (Lipinski definition) is 10. The van der Waals surface area contributed by atoms with Crippen molar-refractivity contribution < 1.29 is 42.7 Å². The summed E-state index contributed by atoms with van der Waals surface area (Å²) >= 11 is 0. The van der Waals surface area contributed by atoms with Crippen LogP contribution in [0.15, 0.2) is 40.4 Å². The molecule has 3 rings (SSSR count). The van der Waals surface area contributed by atoms with Gasteiger partial charge in [0.2, 0.25) is 5.76 Å². The summed E-state index contributed by atoms with van der Waals surface area (Å²) in [4.78, 5) is 59.2. The van der Waals surface area contributed by atoms with E-state index < -0.39 is 35.4 Å². The van der Waals surface area contributed by atoms with E-state index in [2.05, 4.69) is 14.8 Å². The van der Waals surface area contributed by atoms with E-state index in [1.807, 2.05) is 0 Å². The molecule has 0 radical (unpaired) electrons. The molecule has 0 unspecified atom stereocenters. The molecular weight excluding hydrogens is 442 g/mol. The number of methoxy groups -OCH3 is 2. The number of furan rings is 1. The molecule has 2 heterocycles. The van der Waals surface area contributed by atoms with Crippen LogP contribution >= 0.6 is 0 Å². The molecule has 1 fully saturated rings. The summed E-state index contributed by atoms with van der Waals surface area (Å²) in [6.45, 7) is -0.752. The molecule has 1 aromatic heterocycles. The van der Waals surface area contributed by atoms with E-state index in [0.717, 1.165) is 17.0 Å². The van der Waals surface area contributed by atoms with Gasteiger partial charge in [-0.2, -0.15) is 0 Å². The number of benzene rings is 1. The first kappa shape index (κ1) is 23.0. The molecule has 33 heavy (non-hydrogen) atoms. The highest BCUT2D eigenvalue weighted by Gasteiger charge is 2.34. The third-order valence-corrected chi connectivity index (χ3v) is 4.40. The van der Waals surface area contributed by atoms with Crippen molar-refractivity contribution in [1.29, 1.82) is 0 Å². The van der Waals surface area contributed by atoms with Crippen molar-refractivity contribution in [3.8, 4) is 5.75 Å². The summed E-state index contributed by atoms with van der Waals surface area (Å²) in [6.07, 6.45) is 1.18. The van der Waals surface area contributed by atoms with Crippen LogP contribution in [0, 0.1) is 10.1 Å². The number of rotatable bonds is 8. The largest absolute Gasteiger partial charge is 0.481 e. The van der Waals surface area contributed by atoms with E-state index in [0.29, 0.717) is 0 Å². The molecule has 1 saturated heterocycles. The van der Waals surface area contributed by atoms with E-state index in [9.17, 15) is 29.3 Å². The van der Waals surface area contributed by atoms with Crippen LogP contribution in [0.25, 0.3) is 6.08 Å². The molecule has 13 nitrogen and oxygen atoms in total. The summed E-state index contributed by atoms with van der Waals surface area (Å²) in [7, 11) is 2.34. The summed E-state index contributed by atoms with van der Waals surface area (Å²) in [5.41, 5.74) is -0.417. The van der Waals surface area contributed by atoms with Gasteiger partial charge in [-0.05, 0) is 24.3 Å². The summed E-state index contributed by atoms with van der Waals surface area (Å²) in [5, 5.41) is 13.5. The van der Waals surface area contributed by atoms with Gasteiger partial charge in [0.1, 0.15) is 17.2 Å². The number of urea groups is 1. The normalized spacial score (nSPS) is 14.2. The fourth-order valence-corrected chi connectivity index (χ4v) is 2.79. The molecular formula is C20H17N3O10. The topological polar surface area (TPSA) is 168 Å². The van der Waals surface area contributed by atoms with Gasteiger partial charge in [-0.15, -0.1) is 0 Å². The number of nitro groups is 1. The number of non-ortho nitro benzene ring substituents is 1. The van der Waals surface area contributed by atoms with Crippen molar-refractivity contribution >= 4 is 35.6 Å². The lowest BCUT2D eigenvalue weighted by atomic mass is 10.1. The SMILES string of the molecule is COC(=O)COc1ccc([N+](=O)[O-])cc1C=C1NC(=O)N(Cc2ccc(C(=O)OC)o2)C1=O. The minimum atomic E-state index is -0.773. The Morgan fingerprint density at radius 3 is 2.61 bits per heavy atom. The van der Waals surface area contributed by atoms with Gasteiger partial charge < -0.3 is 23.9 Å². The Hall–Kier alpha value is -4.68. The van der Waals surface area contributed by atoms with E-state index in [1.165, 1.54) is 38.5 Å². The predicted molar refractivity (Wildman–Crippen MR) is 108 cm³/mol. The minimum Gasteiger partial charge on any atom is -0.481 e. The Balaban J connectivity index is 1.86. The molecule has 0 aliphatic carbocycles. The first-order chi connectivity index (χ1) is 15.7. The molecule has 0 spiro atoms. The maximum atomic E-state index is 12.8. The molecule has 1 N–H and O–H groups in total. The third-order valence-electron chi connectivity index (χ3n) is 4.40. The zero-order chi connectivity index (χ0) is 24.1. The molecule has 1 aliphatic heterocycles.